The van der Waals surface area contributed by atoms with Crippen molar-refractivity contribution in [2.45, 2.75) is 31.0 Å². The predicted molar refractivity (Wildman–Crippen MR) is 46.9 cm³/mol. The topological polar surface area (TPSA) is 61.8 Å². The summed E-state index contributed by atoms with van der Waals surface area (Å²) < 4.78 is 38.5. The van der Waals surface area contributed by atoms with Crippen LogP contribution in [-0.4, -0.2) is 44.3 Å². The van der Waals surface area contributed by atoms with Crippen molar-refractivity contribution >= 4 is 11.9 Å². The molecule has 0 aliphatic heterocycles. The van der Waals surface area contributed by atoms with Crippen LogP contribution in [0.5, 0.6) is 0 Å². The van der Waals surface area contributed by atoms with Gasteiger partial charge in [0.25, 0.3) is 12.0 Å². The molecule has 1 fully saturated rings. The molecule has 0 heterocycles. The molecule has 0 aromatic carbocycles. The van der Waals surface area contributed by atoms with Crippen LogP contribution < -0.4 is 0 Å². The highest BCUT2D eigenvalue weighted by Crippen LogP contribution is 2.39. The van der Waals surface area contributed by atoms with Gasteiger partial charge in [0.1, 0.15) is 0 Å². The molecular weight excluding hydrogens is 226 g/mol. The molecule has 0 aromatic heterocycles. The third-order valence-corrected chi connectivity index (χ3v) is 2.21. The average Bonchev–Trinajstić information content (AvgIpc) is 2.20. The highest BCUT2D eigenvalue weighted by molar-refractivity contribution is 5.97. The molecule has 0 unspecified atom stereocenters. The van der Waals surface area contributed by atoms with Gasteiger partial charge in [-0.05, 0) is 0 Å². The number of alkyl halides is 2. The van der Waals surface area contributed by atoms with Gasteiger partial charge in [-0.2, -0.15) is 0 Å². The van der Waals surface area contributed by atoms with E-state index >= 15 is 0 Å². The predicted octanol–water partition coefficient (Wildman–Crippen LogP) is 0.515. The van der Waals surface area contributed by atoms with E-state index < -0.39 is 42.9 Å². The van der Waals surface area contributed by atoms with Gasteiger partial charge < -0.3 is 14.2 Å². The summed E-state index contributed by atoms with van der Waals surface area (Å²) >= 11 is 0. The number of carbonyl (C=O) groups excluding carboxylic acids is 2. The van der Waals surface area contributed by atoms with Gasteiger partial charge in [-0.1, -0.05) is 0 Å². The van der Waals surface area contributed by atoms with Gasteiger partial charge in [0.2, 0.25) is 0 Å². The fraction of sp³-hybridized carbons (Fsp3) is 0.778. The molecule has 0 spiro atoms. The van der Waals surface area contributed by atoms with E-state index in [0.717, 1.165) is 14.2 Å². The summed E-state index contributed by atoms with van der Waals surface area (Å²) in [6.07, 6.45) is -3.41. The molecule has 0 amide bonds. The second-order valence-electron chi connectivity index (χ2n) is 3.45. The maximum absolute atomic E-state index is 12.5. The Kier molecular flexibility index (Phi) is 3.79. The number of hydrogen-bond acceptors (Lipinski definition) is 5. The van der Waals surface area contributed by atoms with Crippen molar-refractivity contribution in [3.8, 4) is 0 Å². The molecule has 7 heteroatoms. The minimum Gasteiger partial charge on any atom is -0.467 e. The van der Waals surface area contributed by atoms with Crippen LogP contribution in [0.4, 0.5) is 8.78 Å². The molecule has 0 bridgehead atoms. The minimum absolute atomic E-state index is 0.502. The van der Waals surface area contributed by atoms with Crippen LogP contribution in [0.15, 0.2) is 0 Å². The number of halogens is 2. The third-order valence-electron chi connectivity index (χ3n) is 2.21. The zero-order valence-electron chi connectivity index (χ0n) is 8.87. The maximum atomic E-state index is 12.5. The summed E-state index contributed by atoms with van der Waals surface area (Å²) in [5.41, 5.74) is 0. The largest absolute Gasteiger partial charge is 0.467 e. The number of esters is 2. The summed E-state index contributed by atoms with van der Waals surface area (Å²) in [7, 11) is 2.13. The number of ether oxygens (including phenoxy) is 3. The van der Waals surface area contributed by atoms with Gasteiger partial charge in [-0.25, -0.2) is 18.4 Å². The molecule has 1 rings (SSSR count). The van der Waals surface area contributed by atoms with E-state index in [-0.39, 0.29) is 0 Å². The number of methoxy groups -OCH3 is 2. The summed E-state index contributed by atoms with van der Waals surface area (Å²) in [5, 5.41) is 0. The number of carbonyl (C=O) groups is 2. The first kappa shape index (κ1) is 12.8. The lowest BCUT2D eigenvalue weighted by atomic mass is 9.91. The van der Waals surface area contributed by atoms with Crippen LogP contribution in [0.1, 0.15) is 12.8 Å². The molecule has 0 radical (unpaired) electrons. The van der Waals surface area contributed by atoms with Crippen LogP contribution in [-0.2, 0) is 23.8 Å². The SMILES string of the molecule is COC(=O)C(OC1CC(F)(F)C1)C(=O)OC. The Labute approximate surface area is 90.6 Å². The van der Waals surface area contributed by atoms with Crippen molar-refractivity contribution in [3.05, 3.63) is 0 Å². The molecule has 1 aliphatic carbocycles. The van der Waals surface area contributed by atoms with Gasteiger partial charge in [0.05, 0.1) is 20.3 Å². The third kappa shape index (κ3) is 2.88. The van der Waals surface area contributed by atoms with Crippen molar-refractivity contribution in [2.75, 3.05) is 14.2 Å². The van der Waals surface area contributed by atoms with E-state index in [9.17, 15) is 18.4 Å². The fourth-order valence-electron chi connectivity index (χ4n) is 1.32. The normalized spacial score (nSPS) is 19.1. The van der Waals surface area contributed by atoms with Crippen LogP contribution in [0.25, 0.3) is 0 Å². The van der Waals surface area contributed by atoms with E-state index in [0.29, 0.717) is 0 Å². The maximum Gasteiger partial charge on any atom is 0.346 e. The van der Waals surface area contributed by atoms with Crippen molar-refractivity contribution in [1.29, 1.82) is 0 Å². The Bertz CT molecular complexity index is 268. The standard InChI is InChI=1S/C9H12F2O5/c1-14-7(12)6(8(13)15-2)16-5-3-9(10,11)4-5/h5-6H,3-4H2,1-2H3. The molecule has 0 aromatic rings. The lowest BCUT2D eigenvalue weighted by Gasteiger charge is -2.35. The summed E-state index contributed by atoms with van der Waals surface area (Å²) in [4.78, 5) is 22.2. The number of rotatable bonds is 4. The lowest BCUT2D eigenvalue weighted by Crippen LogP contribution is -2.47. The Morgan fingerprint density at radius 2 is 1.62 bits per heavy atom. The average molecular weight is 238 g/mol. The minimum atomic E-state index is -2.78. The van der Waals surface area contributed by atoms with E-state index in [1.165, 1.54) is 0 Å². The highest BCUT2D eigenvalue weighted by Gasteiger charge is 2.48. The van der Waals surface area contributed by atoms with Gasteiger partial charge in [0.15, 0.2) is 0 Å². The first-order valence-corrected chi connectivity index (χ1v) is 4.58. The fourth-order valence-corrected chi connectivity index (χ4v) is 1.32. The molecule has 0 atom stereocenters. The monoisotopic (exact) mass is 238 g/mol. The summed E-state index contributed by atoms with van der Waals surface area (Å²) in [5.74, 6) is -4.69. The highest BCUT2D eigenvalue weighted by atomic mass is 19.3. The molecule has 0 saturated heterocycles. The quantitative estimate of drug-likeness (QED) is 0.527. The van der Waals surface area contributed by atoms with Crippen LogP contribution in [0.3, 0.4) is 0 Å². The molecule has 5 nitrogen and oxygen atoms in total. The number of hydrogen-bond donors (Lipinski definition) is 0. The van der Waals surface area contributed by atoms with Crippen LogP contribution in [0.2, 0.25) is 0 Å². The lowest BCUT2D eigenvalue weighted by molar-refractivity contribution is -0.203. The van der Waals surface area contributed by atoms with Crippen LogP contribution >= 0.6 is 0 Å². The second-order valence-corrected chi connectivity index (χ2v) is 3.45. The summed E-state index contributed by atoms with van der Waals surface area (Å²) in [6.45, 7) is 0. The summed E-state index contributed by atoms with van der Waals surface area (Å²) in [6, 6.07) is 0. The van der Waals surface area contributed by atoms with Gasteiger partial charge in [-0.3, -0.25) is 0 Å². The van der Waals surface area contributed by atoms with E-state index in [4.69, 9.17) is 4.74 Å². The van der Waals surface area contributed by atoms with Crippen molar-refractivity contribution in [2.24, 2.45) is 0 Å². The van der Waals surface area contributed by atoms with Gasteiger partial charge in [-0.15, -0.1) is 0 Å². The van der Waals surface area contributed by atoms with Crippen LogP contribution in [0, 0.1) is 0 Å². The molecular formula is C9H12F2O5. The smallest absolute Gasteiger partial charge is 0.346 e. The Morgan fingerprint density at radius 1 is 1.19 bits per heavy atom. The van der Waals surface area contributed by atoms with Gasteiger partial charge >= 0.3 is 11.9 Å². The van der Waals surface area contributed by atoms with Crippen molar-refractivity contribution in [1.82, 2.24) is 0 Å². The zero-order chi connectivity index (χ0) is 12.3. The van der Waals surface area contributed by atoms with Crippen molar-refractivity contribution in [3.63, 3.8) is 0 Å². The molecule has 16 heavy (non-hydrogen) atoms. The first-order chi connectivity index (χ1) is 7.39. The Morgan fingerprint density at radius 3 is 1.94 bits per heavy atom. The van der Waals surface area contributed by atoms with Gasteiger partial charge in [0, 0.05) is 12.8 Å². The van der Waals surface area contributed by atoms with E-state index in [2.05, 4.69) is 9.47 Å². The Balaban J connectivity index is 2.52. The molecule has 0 N–H and O–H groups in total. The molecule has 1 saturated carbocycles. The molecule has 92 valence electrons. The van der Waals surface area contributed by atoms with Crippen molar-refractivity contribution < 1.29 is 32.6 Å². The van der Waals surface area contributed by atoms with E-state index in [1.807, 2.05) is 0 Å². The van der Waals surface area contributed by atoms with E-state index in [1.54, 1.807) is 0 Å². The first-order valence-electron chi connectivity index (χ1n) is 4.58. The Hall–Kier alpha value is -1.24. The molecule has 1 aliphatic rings. The second kappa shape index (κ2) is 4.73. The zero-order valence-corrected chi connectivity index (χ0v) is 8.87.